The Kier molecular flexibility index (Phi) is 4.51. The van der Waals surface area contributed by atoms with E-state index in [1.165, 1.54) is 24.3 Å². The minimum Gasteiger partial charge on any atom is -0.294 e. The van der Waals surface area contributed by atoms with Crippen molar-refractivity contribution in [2.45, 2.75) is 19.3 Å². The Bertz CT molecular complexity index is 845. The van der Waals surface area contributed by atoms with Crippen LogP contribution in [0.4, 0.5) is 8.78 Å². The standard InChI is InChI=1S/C19H16F2N2O/c1-2-19(24)13-4-3-5-16(21)15(10-13)18-11-17(22-23-18)12-6-8-14(20)9-7-12/h3-11,15H,2H2,1H3,(H,22,23). The van der Waals surface area contributed by atoms with Gasteiger partial charge in [-0.05, 0) is 42.0 Å². The number of H-pyrrole nitrogens is 1. The molecule has 1 N–H and O–H groups in total. The summed E-state index contributed by atoms with van der Waals surface area (Å²) >= 11 is 0. The Balaban J connectivity index is 1.95. The van der Waals surface area contributed by atoms with Crippen LogP contribution < -0.4 is 0 Å². The number of hydrogen-bond acceptors (Lipinski definition) is 2. The van der Waals surface area contributed by atoms with Gasteiger partial charge in [-0.15, -0.1) is 0 Å². The molecule has 0 spiro atoms. The lowest BCUT2D eigenvalue weighted by Crippen LogP contribution is -2.02. The Morgan fingerprint density at radius 1 is 1.25 bits per heavy atom. The number of nitrogens with one attached hydrogen (secondary N) is 1. The highest BCUT2D eigenvalue weighted by molar-refractivity contribution is 5.98. The largest absolute Gasteiger partial charge is 0.294 e. The molecule has 1 aliphatic carbocycles. The first-order chi connectivity index (χ1) is 11.6. The zero-order chi connectivity index (χ0) is 17.1. The molecule has 0 aliphatic heterocycles. The van der Waals surface area contributed by atoms with E-state index in [4.69, 9.17) is 0 Å². The van der Waals surface area contributed by atoms with Gasteiger partial charge in [0.2, 0.25) is 0 Å². The number of allylic oxidation sites excluding steroid dienone is 6. The summed E-state index contributed by atoms with van der Waals surface area (Å²) < 4.78 is 27.4. The molecule has 24 heavy (non-hydrogen) atoms. The molecular weight excluding hydrogens is 310 g/mol. The first kappa shape index (κ1) is 16.1. The van der Waals surface area contributed by atoms with Gasteiger partial charge in [-0.3, -0.25) is 9.89 Å². The van der Waals surface area contributed by atoms with E-state index in [1.807, 2.05) is 0 Å². The van der Waals surface area contributed by atoms with Crippen LogP contribution in [0.5, 0.6) is 0 Å². The van der Waals surface area contributed by atoms with Gasteiger partial charge < -0.3 is 0 Å². The smallest absolute Gasteiger partial charge is 0.162 e. The van der Waals surface area contributed by atoms with Crippen molar-refractivity contribution in [3.63, 3.8) is 0 Å². The molecule has 0 radical (unpaired) electrons. The van der Waals surface area contributed by atoms with Crippen molar-refractivity contribution in [1.82, 2.24) is 10.2 Å². The molecule has 0 saturated heterocycles. The minimum atomic E-state index is -0.726. The highest BCUT2D eigenvalue weighted by Crippen LogP contribution is 2.31. The van der Waals surface area contributed by atoms with Crippen LogP contribution in [0.3, 0.4) is 0 Å². The summed E-state index contributed by atoms with van der Waals surface area (Å²) in [6.07, 6.45) is 6.42. The first-order valence-corrected chi connectivity index (χ1v) is 7.68. The molecule has 3 rings (SSSR count). The van der Waals surface area contributed by atoms with Gasteiger partial charge >= 0.3 is 0 Å². The number of hydrogen-bond donors (Lipinski definition) is 1. The summed E-state index contributed by atoms with van der Waals surface area (Å²) in [5.41, 5.74) is 2.35. The summed E-state index contributed by atoms with van der Waals surface area (Å²) in [6, 6.07) is 7.65. The molecule has 1 unspecified atom stereocenters. The van der Waals surface area contributed by atoms with Gasteiger partial charge in [-0.1, -0.05) is 25.2 Å². The monoisotopic (exact) mass is 326 g/mol. The van der Waals surface area contributed by atoms with Crippen LogP contribution in [0.2, 0.25) is 0 Å². The van der Waals surface area contributed by atoms with Crippen LogP contribution in [0.25, 0.3) is 11.3 Å². The van der Waals surface area contributed by atoms with E-state index in [9.17, 15) is 13.6 Å². The molecule has 1 aliphatic rings. The summed E-state index contributed by atoms with van der Waals surface area (Å²) in [4.78, 5) is 11.9. The Labute approximate surface area is 138 Å². The molecule has 3 nitrogen and oxygen atoms in total. The van der Waals surface area contributed by atoms with E-state index in [2.05, 4.69) is 10.2 Å². The van der Waals surface area contributed by atoms with E-state index >= 15 is 0 Å². The van der Waals surface area contributed by atoms with Crippen molar-refractivity contribution in [2.75, 3.05) is 0 Å². The van der Waals surface area contributed by atoms with Gasteiger partial charge in [0.25, 0.3) is 0 Å². The number of halogens is 2. The lowest BCUT2D eigenvalue weighted by molar-refractivity contribution is -0.115. The van der Waals surface area contributed by atoms with Gasteiger partial charge in [0.15, 0.2) is 5.78 Å². The highest BCUT2D eigenvalue weighted by atomic mass is 19.1. The van der Waals surface area contributed by atoms with Crippen molar-refractivity contribution >= 4 is 5.78 Å². The number of rotatable bonds is 4. The van der Waals surface area contributed by atoms with E-state index in [0.717, 1.165) is 5.56 Å². The molecule has 2 aromatic rings. The summed E-state index contributed by atoms with van der Waals surface area (Å²) in [5, 5.41) is 7.00. The zero-order valence-corrected chi connectivity index (χ0v) is 13.1. The normalized spacial score (nSPS) is 17.2. The van der Waals surface area contributed by atoms with E-state index in [0.29, 0.717) is 23.4 Å². The molecule has 0 amide bonds. The quantitative estimate of drug-likeness (QED) is 0.890. The predicted molar refractivity (Wildman–Crippen MR) is 88.4 cm³/mol. The maximum Gasteiger partial charge on any atom is 0.162 e. The van der Waals surface area contributed by atoms with E-state index < -0.39 is 5.92 Å². The minimum absolute atomic E-state index is 0.0476. The van der Waals surface area contributed by atoms with Gasteiger partial charge in [0.1, 0.15) is 11.6 Å². The topological polar surface area (TPSA) is 45.8 Å². The van der Waals surface area contributed by atoms with Crippen molar-refractivity contribution in [3.8, 4) is 11.3 Å². The summed E-state index contributed by atoms with van der Waals surface area (Å²) in [7, 11) is 0. The fourth-order valence-corrected chi connectivity index (χ4v) is 2.55. The van der Waals surface area contributed by atoms with Gasteiger partial charge in [0, 0.05) is 12.0 Å². The lowest BCUT2D eigenvalue weighted by Gasteiger charge is -2.07. The van der Waals surface area contributed by atoms with Crippen LogP contribution >= 0.6 is 0 Å². The molecule has 0 saturated carbocycles. The van der Waals surface area contributed by atoms with Crippen LogP contribution in [0.1, 0.15) is 25.0 Å². The van der Waals surface area contributed by atoms with Gasteiger partial charge in [-0.2, -0.15) is 5.10 Å². The van der Waals surface area contributed by atoms with Crippen molar-refractivity contribution in [2.24, 2.45) is 0 Å². The number of carbonyl (C=O) groups is 1. The molecule has 1 aromatic heterocycles. The summed E-state index contributed by atoms with van der Waals surface area (Å²) in [5.74, 6) is -1.49. The molecule has 0 bridgehead atoms. The number of benzene rings is 1. The van der Waals surface area contributed by atoms with Crippen molar-refractivity contribution < 1.29 is 13.6 Å². The molecule has 0 fully saturated rings. The molecular formula is C19H16F2N2O. The second kappa shape index (κ2) is 6.74. The van der Waals surface area contributed by atoms with E-state index in [-0.39, 0.29) is 17.4 Å². The second-order valence-electron chi connectivity index (χ2n) is 5.50. The zero-order valence-electron chi connectivity index (χ0n) is 13.1. The average molecular weight is 326 g/mol. The number of nitrogens with zero attached hydrogens (tertiary/aromatic N) is 1. The van der Waals surface area contributed by atoms with Crippen LogP contribution in [0.15, 0.2) is 66.0 Å². The molecule has 5 heteroatoms. The number of ketones is 1. The summed E-state index contributed by atoms with van der Waals surface area (Å²) in [6.45, 7) is 1.77. The van der Waals surface area contributed by atoms with Crippen LogP contribution in [-0.2, 0) is 4.79 Å². The van der Waals surface area contributed by atoms with Crippen LogP contribution in [-0.4, -0.2) is 16.0 Å². The van der Waals surface area contributed by atoms with E-state index in [1.54, 1.807) is 37.3 Å². The van der Waals surface area contributed by atoms with Crippen LogP contribution in [0, 0.1) is 5.82 Å². The molecule has 122 valence electrons. The highest BCUT2D eigenvalue weighted by Gasteiger charge is 2.21. The molecule has 1 aromatic carbocycles. The second-order valence-corrected chi connectivity index (χ2v) is 5.50. The van der Waals surface area contributed by atoms with Crippen molar-refractivity contribution in [3.05, 3.63) is 77.5 Å². The molecule has 1 heterocycles. The third kappa shape index (κ3) is 3.25. The number of Topliss-reactive ketones (excluding diaryl/α,β-unsaturated/α-hetero) is 1. The maximum atomic E-state index is 14.3. The van der Waals surface area contributed by atoms with Gasteiger partial charge in [-0.25, -0.2) is 8.78 Å². The fourth-order valence-electron chi connectivity index (χ4n) is 2.55. The first-order valence-electron chi connectivity index (χ1n) is 7.68. The average Bonchev–Trinajstić information content (AvgIpc) is 2.99. The Morgan fingerprint density at radius 2 is 2.00 bits per heavy atom. The Morgan fingerprint density at radius 3 is 2.71 bits per heavy atom. The number of carbonyl (C=O) groups excluding carboxylic acids is 1. The lowest BCUT2D eigenvalue weighted by atomic mass is 9.98. The predicted octanol–water partition coefficient (Wildman–Crippen LogP) is 4.63. The third-order valence-electron chi connectivity index (χ3n) is 3.89. The number of aromatic nitrogens is 2. The fraction of sp³-hybridized carbons (Fsp3) is 0.158. The molecule has 1 atom stereocenters. The third-order valence-corrected chi connectivity index (χ3v) is 3.89. The number of aromatic amines is 1. The van der Waals surface area contributed by atoms with Crippen molar-refractivity contribution in [1.29, 1.82) is 0 Å². The maximum absolute atomic E-state index is 14.3. The SMILES string of the molecule is CCC(=O)C1=CC(c2cc(-c3ccc(F)cc3)[nH]n2)C(F)=CC=C1. The van der Waals surface area contributed by atoms with Gasteiger partial charge in [0.05, 0.1) is 17.3 Å². The Hall–Kier alpha value is -2.82.